The molecule has 6 nitrogen and oxygen atoms in total. The summed E-state index contributed by atoms with van der Waals surface area (Å²) in [6.45, 7) is 0. The number of carbonyl (C=O) groups excluding carboxylic acids is 2. The van der Waals surface area contributed by atoms with Crippen LogP contribution in [0, 0.1) is 0 Å². The Bertz CT molecular complexity index is 1130. The number of benzene rings is 3. The second-order valence-corrected chi connectivity index (χ2v) is 7.50. The molecule has 3 aromatic rings. The predicted molar refractivity (Wildman–Crippen MR) is 118 cm³/mol. The van der Waals surface area contributed by atoms with E-state index < -0.39 is 12.1 Å². The molecule has 1 saturated heterocycles. The monoisotopic (exact) mass is 434 g/mol. The van der Waals surface area contributed by atoms with Gasteiger partial charge in [0.05, 0.1) is 12.7 Å². The number of rotatable bonds is 5. The molecule has 0 unspecified atom stereocenters. The Hall–Kier alpha value is -3.64. The van der Waals surface area contributed by atoms with E-state index in [1.807, 2.05) is 60.8 Å². The van der Waals surface area contributed by atoms with Crippen molar-refractivity contribution in [2.75, 3.05) is 7.11 Å². The van der Waals surface area contributed by atoms with Crippen LogP contribution < -0.4 is 15.5 Å². The largest absolute Gasteiger partial charge is 0.496 e. The van der Waals surface area contributed by atoms with E-state index in [2.05, 4.69) is 10.7 Å². The standard InChI is InChI=1S/C24H20ClN3O3/c1-31-20-10-6-5-9-18(20)15-28-22(16-7-3-2-4-8-16)21(24(30)27-28)26-23(29)17-11-13-19(25)14-12-17/h2-15,21-22H,1H3,(H-,26,27,29,30)/p+1/b28-15-/t21-,22+/m1/s1. The van der Waals surface area contributed by atoms with Gasteiger partial charge in [-0.3, -0.25) is 9.59 Å². The lowest BCUT2D eigenvalue weighted by atomic mass is 10.00. The Morgan fingerprint density at radius 1 is 1.03 bits per heavy atom. The average Bonchev–Trinajstić information content (AvgIpc) is 3.09. The number of carbonyl (C=O) groups is 2. The number of halogens is 1. The number of hydrogen-bond donors (Lipinski definition) is 2. The van der Waals surface area contributed by atoms with Crippen molar-refractivity contribution in [1.29, 1.82) is 0 Å². The Balaban J connectivity index is 1.71. The lowest BCUT2D eigenvalue weighted by molar-refractivity contribution is -0.596. The molecule has 31 heavy (non-hydrogen) atoms. The van der Waals surface area contributed by atoms with Gasteiger partial charge in [0.2, 0.25) is 12.3 Å². The topological polar surface area (TPSA) is 70.4 Å². The maximum Gasteiger partial charge on any atom is 0.304 e. The van der Waals surface area contributed by atoms with Crippen molar-refractivity contribution in [3.63, 3.8) is 0 Å². The van der Waals surface area contributed by atoms with Crippen molar-refractivity contribution in [3.8, 4) is 5.75 Å². The molecule has 3 aromatic carbocycles. The van der Waals surface area contributed by atoms with Crippen LogP contribution in [0.4, 0.5) is 0 Å². The fraction of sp³-hybridized carbons (Fsp3) is 0.125. The van der Waals surface area contributed by atoms with Crippen molar-refractivity contribution >= 4 is 29.6 Å². The summed E-state index contributed by atoms with van der Waals surface area (Å²) in [7, 11) is 1.60. The second-order valence-electron chi connectivity index (χ2n) is 7.07. The Labute approximate surface area is 185 Å². The highest BCUT2D eigenvalue weighted by Crippen LogP contribution is 2.26. The maximum absolute atomic E-state index is 12.9. The summed E-state index contributed by atoms with van der Waals surface area (Å²) in [5, 5.41) is 3.41. The van der Waals surface area contributed by atoms with Crippen LogP contribution in [0.15, 0.2) is 78.9 Å². The van der Waals surface area contributed by atoms with E-state index in [1.165, 1.54) is 0 Å². The van der Waals surface area contributed by atoms with Crippen LogP contribution in [-0.2, 0) is 4.79 Å². The van der Waals surface area contributed by atoms with Gasteiger partial charge in [-0.05, 0) is 36.4 Å². The molecule has 1 aliphatic heterocycles. The molecule has 0 spiro atoms. The van der Waals surface area contributed by atoms with E-state index >= 15 is 0 Å². The number of nitrogens with one attached hydrogen (secondary N) is 2. The number of amides is 2. The minimum atomic E-state index is -0.795. The van der Waals surface area contributed by atoms with Gasteiger partial charge in [-0.1, -0.05) is 54.1 Å². The first kappa shape index (κ1) is 20.6. The first-order chi connectivity index (χ1) is 15.1. The average molecular weight is 435 g/mol. The van der Waals surface area contributed by atoms with E-state index in [0.29, 0.717) is 16.3 Å². The smallest absolute Gasteiger partial charge is 0.304 e. The van der Waals surface area contributed by atoms with Gasteiger partial charge in [-0.25, -0.2) is 0 Å². The molecule has 2 atom stereocenters. The molecule has 2 N–H and O–H groups in total. The maximum atomic E-state index is 12.9. The number of hydrazine groups is 1. The molecular weight excluding hydrogens is 414 g/mol. The molecule has 0 bridgehead atoms. The molecule has 0 radical (unpaired) electrons. The molecule has 7 heteroatoms. The van der Waals surface area contributed by atoms with Crippen molar-refractivity contribution in [3.05, 3.63) is 101 Å². The Morgan fingerprint density at radius 3 is 2.42 bits per heavy atom. The summed E-state index contributed by atoms with van der Waals surface area (Å²) in [4.78, 5) is 25.7. The van der Waals surface area contributed by atoms with E-state index in [-0.39, 0.29) is 11.8 Å². The van der Waals surface area contributed by atoms with Gasteiger partial charge in [0.25, 0.3) is 5.91 Å². The normalized spacial score (nSPS) is 19.2. The lowest BCUT2D eigenvalue weighted by Gasteiger charge is -2.15. The summed E-state index contributed by atoms with van der Waals surface area (Å²) in [5.41, 5.74) is 4.98. The Kier molecular flexibility index (Phi) is 6.00. The quantitative estimate of drug-likeness (QED) is 0.605. The van der Waals surface area contributed by atoms with Gasteiger partial charge in [-0.2, -0.15) is 0 Å². The second kappa shape index (κ2) is 9.02. The van der Waals surface area contributed by atoms with Crippen LogP contribution in [0.2, 0.25) is 5.02 Å². The number of nitrogens with zero attached hydrogens (tertiary/aromatic N) is 1. The molecule has 2 amide bonds. The van der Waals surface area contributed by atoms with Crippen LogP contribution in [0.1, 0.15) is 27.5 Å². The molecule has 4 rings (SSSR count). The highest BCUT2D eigenvalue weighted by molar-refractivity contribution is 6.30. The van der Waals surface area contributed by atoms with Crippen molar-refractivity contribution in [1.82, 2.24) is 10.7 Å². The highest BCUT2D eigenvalue weighted by atomic mass is 35.5. The van der Waals surface area contributed by atoms with Crippen LogP contribution in [-0.4, -0.2) is 35.9 Å². The highest BCUT2D eigenvalue weighted by Gasteiger charge is 2.47. The molecule has 1 aliphatic rings. The minimum Gasteiger partial charge on any atom is -0.496 e. The number of para-hydroxylation sites is 1. The van der Waals surface area contributed by atoms with Gasteiger partial charge in [-0.15, -0.1) is 10.1 Å². The summed E-state index contributed by atoms with van der Waals surface area (Å²) < 4.78 is 7.14. The van der Waals surface area contributed by atoms with Crippen LogP contribution >= 0.6 is 11.6 Å². The molecular formula is C24H21ClN3O3+. The summed E-state index contributed by atoms with van der Waals surface area (Å²) >= 11 is 5.92. The van der Waals surface area contributed by atoms with Gasteiger partial charge in [0.15, 0.2) is 6.04 Å². The van der Waals surface area contributed by atoms with Gasteiger partial charge in [0, 0.05) is 16.1 Å². The van der Waals surface area contributed by atoms with E-state index in [0.717, 1.165) is 11.1 Å². The molecule has 0 saturated carbocycles. The molecule has 0 aliphatic carbocycles. The van der Waals surface area contributed by atoms with Crippen molar-refractivity contribution in [2.24, 2.45) is 0 Å². The molecule has 1 fully saturated rings. The van der Waals surface area contributed by atoms with Crippen LogP contribution in [0.25, 0.3) is 0 Å². The Morgan fingerprint density at radius 2 is 1.71 bits per heavy atom. The third-order valence-electron chi connectivity index (χ3n) is 5.09. The van der Waals surface area contributed by atoms with Crippen molar-refractivity contribution < 1.29 is 19.0 Å². The molecule has 1 heterocycles. The third kappa shape index (κ3) is 4.44. The first-order valence-corrected chi connectivity index (χ1v) is 10.1. The zero-order valence-corrected chi connectivity index (χ0v) is 17.5. The zero-order chi connectivity index (χ0) is 21.8. The fourth-order valence-electron chi connectivity index (χ4n) is 3.58. The third-order valence-corrected chi connectivity index (χ3v) is 5.34. The van der Waals surface area contributed by atoms with Crippen molar-refractivity contribution in [2.45, 2.75) is 12.1 Å². The van der Waals surface area contributed by atoms with Crippen LogP contribution in [0.5, 0.6) is 5.75 Å². The summed E-state index contributed by atoms with van der Waals surface area (Å²) in [6.07, 6.45) is 1.81. The fourth-order valence-corrected chi connectivity index (χ4v) is 3.71. The molecule has 0 aromatic heterocycles. The van der Waals surface area contributed by atoms with E-state index in [1.54, 1.807) is 36.1 Å². The van der Waals surface area contributed by atoms with E-state index in [9.17, 15) is 9.59 Å². The van der Waals surface area contributed by atoms with Gasteiger partial charge in [0.1, 0.15) is 5.75 Å². The summed E-state index contributed by atoms with van der Waals surface area (Å²) in [5.74, 6) is 0.0245. The number of ether oxygens (including phenoxy) is 1. The van der Waals surface area contributed by atoms with Gasteiger partial charge >= 0.3 is 5.91 Å². The van der Waals surface area contributed by atoms with E-state index in [4.69, 9.17) is 16.3 Å². The number of hydrogen-bond acceptors (Lipinski definition) is 3. The number of methoxy groups -OCH3 is 1. The van der Waals surface area contributed by atoms with Crippen LogP contribution in [0.3, 0.4) is 0 Å². The lowest BCUT2D eigenvalue weighted by Crippen LogP contribution is -2.42. The zero-order valence-electron chi connectivity index (χ0n) is 16.8. The SMILES string of the molecule is COc1ccccc1/C=[N+]1\NC(=O)[C@H](NC(=O)c2ccc(Cl)cc2)[C@@H]1c1ccccc1. The summed E-state index contributed by atoms with van der Waals surface area (Å²) in [6, 6.07) is 22.4. The first-order valence-electron chi connectivity index (χ1n) is 9.75. The molecule has 156 valence electrons. The predicted octanol–water partition coefficient (Wildman–Crippen LogP) is 3.36. The number of hydrazone groups is 1. The van der Waals surface area contributed by atoms with Gasteiger partial charge < -0.3 is 10.1 Å². The minimum absolute atomic E-state index is 0.303.